The Kier molecular flexibility index (Phi) is 4.23. The number of amides is 1. The average Bonchev–Trinajstić information content (AvgIpc) is 2.88. The number of aromatic nitrogens is 2. The van der Waals surface area contributed by atoms with Gasteiger partial charge in [-0.05, 0) is 26.3 Å². The Balaban J connectivity index is 1.80. The molecule has 22 heavy (non-hydrogen) atoms. The molecule has 6 nitrogen and oxygen atoms in total. The maximum Gasteiger partial charge on any atom is 0.257 e. The van der Waals surface area contributed by atoms with Crippen LogP contribution in [0.5, 0.6) is 0 Å². The first kappa shape index (κ1) is 15.5. The van der Waals surface area contributed by atoms with Crippen molar-refractivity contribution >= 4 is 5.91 Å². The molecular formula is C16H26N4O2. The summed E-state index contributed by atoms with van der Waals surface area (Å²) in [5.74, 6) is 0.342. The molecule has 0 aliphatic carbocycles. The van der Waals surface area contributed by atoms with Gasteiger partial charge in [0.2, 0.25) is 0 Å². The zero-order chi connectivity index (χ0) is 15.9. The summed E-state index contributed by atoms with van der Waals surface area (Å²) in [6, 6.07) is 0.307. The minimum atomic E-state index is 0.104. The van der Waals surface area contributed by atoms with Crippen LogP contribution in [-0.2, 0) is 4.74 Å². The summed E-state index contributed by atoms with van der Waals surface area (Å²) >= 11 is 0. The molecule has 1 amide bonds. The molecule has 1 N–H and O–H groups in total. The molecule has 2 aliphatic heterocycles. The molecule has 2 saturated heterocycles. The molecule has 6 heteroatoms. The first-order valence-corrected chi connectivity index (χ1v) is 8.15. The second kappa shape index (κ2) is 6.01. The van der Waals surface area contributed by atoms with E-state index in [1.165, 1.54) is 0 Å². The number of morpholine rings is 1. The van der Waals surface area contributed by atoms with E-state index in [9.17, 15) is 4.79 Å². The van der Waals surface area contributed by atoms with E-state index in [-0.39, 0.29) is 17.9 Å². The number of ether oxygens (including phenoxy) is 1. The molecule has 0 aromatic carbocycles. The van der Waals surface area contributed by atoms with Crippen LogP contribution in [0.4, 0.5) is 0 Å². The highest BCUT2D eigenvalue weighted by Gasteiger charge is 2.38. The standard InChI is InChI=1S/C16H26N4O2/c1-10(2)15-14(11(3)17-18-15)16(21)20-6-5-13-12(9-20)19(4)7-8-22-13/h10,12-13H,5-9H2,1-4H3,(H,17,18)/t12-,13+/m1/s1. The first-order valence-electron chi connectivity index (χ1n) is 8.15. The van der Waals surface area contributed by atoms with Gasteiger partial charge in [-0.2, -0.15) is 5.10 Å². The van der Waals surface area contributed by atoms with Crippen molar-refractivity contribution < 1.29 is 9.53 Å². The topological polar surface area (TPSA) is 61.5 Å². The Labute approximate surface area is 131 Å². The number of nitrogens with one attached hydrogen (secondary N) is 1. The van der Waals surface area contributed by atoms with Gasteiger partial charge in [0.1, 0.15) is 0 Å². The van der Waals surface area contributed by atoms with Crippen molar-refractivity contribution in [1.82, 2.24) is 20.0 Å². The first-order chi connectivity index (χ1) is 10.5. The minimum Gasteiger partial charge on any atom is -0.375 e. The Hall–Kier alpha value is -1.40. The second-order valence-corrected chi connectivity index (χ2v) is 6.76. The molecule has 0 spiro atoms. The van der Waals surface area contributed by atoms with Crippen molar-refractivity contribution in [3.8, 4) is 0 Å². The lowest BCUT2D eigenvalue weighted by Gasteiger charge is -2.45. The lowest BCUT2D eigenvalue weighted by Crippen LogP contribution is -2.59. The maximum atomic E-state index is 13.0. The van der Waals surface area contributed by atoms with E-state index in [0.29, 0.717) is 6.04 Å². The molecular weight excluding hydrogens is 280 g/mol. The summed E-state index contributed by atoms with van der Waals surface area (Å²) in [7, 11) is 2.12. The zero-order valence-corrected chi connectivity index (χ0v) is 13.9. The number of likely N-dealkylation sites (tertiary alicyclic amines) is 1. The fourth-order valence-electron chi connectivity index (χ4n) is 3.52. The van der Waals surface area contributed by atoms with Crippen molar-refractivity contribution in [2.75, 3.05) is 33.3 Å². The van der Waals surface area contributed by atoms with Gasteiger partial charge in [-0.15, -0.1) is 0 Å². The zero-order valence-electron chi connectivity index (χ0n) is 13.9. The summed E-state index contributed by atoms with van der Waals surface area (Å²) in [6.45, 7) is 9.30. The normalized spacial score (nSPS) is 26.3. The van der Waals surface area contributed by atoms with Gasteiger partial charge < -0.3 is 9.64 Å². The number of aromatic amines is 1. The monoisotopic (exact) mass is 306 g/mol. The van der Waals surface area contributed by atoms with Crippen LogP contribution in [0.3, 0.4) is 0 Å². The van der Waals surface area contributed by atoms with E-state index < -0.39 is 0 Å². The summed E-state index contributed by atoms with van der Waals surface area (Å²) in [4.78, 5) is 17.3. The Morgan fingerprint density at radius 2 is 2.18 bits per heavy atom. The Bertz CT molecular complexity index is 554. The lowest BCUT2D eigenvalue weighted by molar-refractivity contribution is -0.0893. The third kappa shape index (κ3) is 2.65. The number of fused-ring (bicyclic) bond motifs is 1. The Morgan fingerprint density at radius 1 is 1.41 bits per heavy atom. The largest absolute Gasteiger partial charge is 0.375 e. The fourth-order valence-corrected chi connectivity index (χ4v) is 3.52. The van der Waals surface area contributed by atoms with Crippen LogP contribution in [0.2, 0.25) is 0 Å². The van der Waals surface area contributed by atoms with Gasteiger partial charge in [0, 0.05) is 25.3 Å². The number of hydrogen-bond acceptors (Lipinski definition) is 4. The number of aryl methyl sites for hydroxylation is 1. The van der Waals surface area contributed by atoms with E-state index in [2.05, 4.69) is 36.0 Å². The van der Waals surface area contributed by atoms with Crippen LogP contribution in [0.25, 0.3) is 0 Å². The second-order valence-electron chi connectivity index (χ2n) is 6.76. The average molecular weight is 306 g/mol. The summed E-state index contributed by atoms with van der Waals surface area (Å²) in [6.07, 6.45) is 1.17. The third-order valence-electron chi connectivity index (χ3n) is 4.89. The van der Waals surface area contributed by atoms with Gasteiger partial charge in [0.15, 0.2) is 0 Å². The summed E-state index contributed by atoms with van der Waals surface area (Å²) < 4.78 is 5.86. The highest BCUT2D eigenvalue weighted by atomic mass is 16.5. The van der Waals surface area contributed by atoms with Crippen LogP contribution in [0.1, 0.15) is 47.9 Å². The Morgan fingerprint density at radius 3 is 2.91 bits per heavy atom. The molecule has 2 aliphatic rings. The molecule has 1 aromatic rings. The smallest absolute Gasteiger partial charge is 0.257 e. The number of piperidine rings is 1. The minimum absolute atomic E-state index is 0.104. The molecule has 0 unspecified atom stereocenters. The van der Waals surface area contributed by atoms with E-state index in [1.807, 2.05) is 11.8 Å². The van der Waals surface area contributed by atoms with Crippen LogP contribution in [-0.4, -0.2) is 71.3 Å². The number of carbonyl (C=O) groups excluding carboxylic acids is 1. The van der Waals surface area contributed by atoms with Crippen LogP contribution in [0, 0.1) is 6.92 Å². The fraction of sp³-hybridized carbons (Fsp3) is 0.750. The van der Waals surface area contributed by atoms with Crippen LogP contribution in [0.15, 0.2) is 0 Å². The quantitative estimate of drug-likeness (QED) is 0.897. The van der Waals surface area contributed by atoms with Crippen LogP contribution < -0.4 is 0 Å². The van der Waals surface area contributed by atoms with Gasteiger partial charge in [0.05, 0.1) is 30.0 Å². The van der Waals surface area contributed by atoms with Crippen molar-refractivity contribution in [2.45, 2.75) is 45.3 Å². The molecule has 1 aromatic heterocycles. The molecule has 0 saturated carbocycles. The highest BCUT2D eigenvalue weighted by Crippen LogP contribution is 2.26. The summed E-state index contributed by atoms with van der Waals surface area (Å²) in [5.41, 5.74) is 2.50. The van der Waals surface area contributed by atoms with Crippen molar-refractivity contribution in [2.24, 2.45) is 0 Å². The predicted octanol–water partition coefficient (Wildman–Crippen LogP) is 1.39. The van der Waals surface area contributed by atoms with Crippen molar-refractivity contribution in [3.63, 3.8) is 0 Å². The van der Waals surface area contributed by atoms with E-state index >= 15 is 0 Å². The molecule has 0 radical (unpaired) electrons. The van der Waals surface area contributed by atoms with Gasteiger partial charge in [0.25, 0.3) is 5.91 Å². The van der Waals surface area contributed by atoms with Gasteiger partial charge >= 0.3 is 0 Å². The molecule has 3 rings (SSSR count). The maximum absolute atomic E-state index is 13.0. The predicted molar refractivity (Wildman–Crippen MR) is 84.1 cm³/mol. The van der Waals surface area contributed by atoms with E-state index in [1.54, 1.807) is 0 Å². The summed E-state index contributed by atoms with van der Waals surface area (Å²) in [5, 5.41) is 7.29. The number of carbonyl (C=O) groups is 1. The van der Waals surface area contributed by atoms with Crippen LogP contribution >= 0.6 is 0 Å². The highest BCUT2D eigenvalue weighted by molar-refractivity contribution is 5.96. The third-order valence-corrected chi connectivity index (χ3v) is 4.89. The van der Waals surface area contributed by atoms with Crippen molar-refractivity contribution in [1.29, 1.82) is 0 Å². The van der Waals surface area contributed by atoms with E-state index in [4.69, 9.17) is 4.74 Å². The SMILES string of the molecule is Cc1[nH]nc(C(C)C)c1C(=O)N1CC[C@@H]2OCCN(C)[C@@H]2C1. The van der Waals surface area contributed by atoms with Gasteiger partial charge in [-0.3, -0.25) is 14.8 Å². The molecule has 2 fully saturated rings. The van der Waals surface area contributed by atoms with E-state index in [0.717, 1.165) is 49.6 Å². The van der Waals surface area contributed by atoms with Gasteiger partial charge in [-0.25, -0.2) is 0 Å². The lowest BCUT2D eigenvalue weighted by atomic mass is 9.97. The number of likely N-dealkylation sites (N-methyl/N-ethyl adjacent to an activating group) is 1. The number of rotatable bonds is 2. The van der Waals surface area contributed by atoms with Crippen molar-refractivity contribution in [3.05, 3.63) is 17.0 Å². The molecule has 122 valence electrons. The number of hydrogen-bond donors (Lipinski definition) is 1. The molecule has 0 bridgehead atoms. The number of nitrogens with zero attached hydrogens (tertiary/aromatic N) is 3. The number of H-pyrrole nitrogens is 1. The van der Waals surface area contributed by atoms with Gasteiger partial charge in [-0.1, -0.05) is 13.8 Å². The molecule has 3 heterocycles. The molecule has 2 atom stereocenters.